The van der Waals surface area contributed by atoms with Crippen LogP contribution in [0.5, 0.6) is 5.75 Å². The van der Waals surface area contributed by atoms with Crippen molar-refractivity contribution in [2.75, 3.05) is 17.7 Å². The fourth-order valence-corrected chi connectivity index (χ4v) is 3.92. The first kappa shape index (κ1) is 21.3. The number of thiazole rings is 1. The van der Waals surface area contributed by atoms with Crippen molar-refractivity contribution in [3.63, 3.8) is 0 Å². The number of nitrogens with zero attached hydrogens (tertiary/aromatic N) is 1. The van der Waals surface area contributed by atoms with E-state index in [2.05, 4.69) is 20.9 Å². The average molecular weight is 450 g/mol. The molecule has 0 saturated heterocycles. The number of fused-ring (bicyclic) bond motifs is 1. The third-order valence-electron chi connectivity index (χ3n) is 4.56. The molecule has 9 heteroatoms. The van der Waals surface area contributed by atoms with Crippen molar-refractivity contribution in [3.8, 4) is 5.75 Å². The van der Waals surface area contributed by atoms with Gasteiger partial charge in [0.1, 0.15) is 17.1 Å². The Morgan fingerprint density at radius 2 is 1.78 bits per heavy atom. The maximum Gasteiger partial charge on any atom is 0.319 e. The summed E-state index contributed by atoms with van der Waals surface area (Å²) in [5, 5.41) is 8.68. The second-order valence-corrected chi connectivity index (χ2v) is 7.83. The number of aromatic nitrogens is 1. The fourth-order valence-electron chi connectivity index (χ4n) is 3.00. The van der Waals surface area contributed by atoms with Crippen molar-refractivity contribution in [1.82, 2.24) is 10.3 Å². The van der Waals surface area contributed by atoms with E-state index in [1.165, 1.54) is 30.6 Å². The van der Waals surface area contributed by atoms with Crippen LogP contribution in [0.3, 0.4) is 0 Å². The van der Waals surface area contributed by atoms with Crippen molar-refractivity contribution in [1.29, 1.82) is 0 Å². The molecule has 0 fully saturated rings. The number of rotatable bonds is 6. The lowest BCUT2D eigenvalue weighted by atomic mass is 10.2. The molecule has 4 aromatic rings. The van der Waals surface area contributed by atoms with Gasteiger partial charge in [0.05, 0.1) is 11.8 Å². The summed E-state index contributed by atoms with van der Waals surface area (Å²) >= 11 is 1.27. The summed E-state index contributed by atoms with van der Waals surface area (Å²) in [5.41, 5.74) is 2.39. The number of halogens is 1. The number of methoxy groups -OCH3 is 1. The van der Waals surface area contributed by atoms with Crippen molar-refractivity contribution in [2.45, 2.75) is 6.54 Å². The van der Waals surface area contributed by atoms with Crippen LogP contribution < -0.4 is 20.7 Å². The van der Waals surface area contributed by atoms with Crippen LogP contribution in [-0.2, 0) is 6.54 Å². The Morgan fingerprint density at radius 1 is 1.03 bits per heavy atom. The molecule has 0 spiro atoms. The van der Waals surface area contributed by atoms with Gasteiger partial charge >= 0.3 is 6.03 Å². The summed E-state index contributed by atoms with van der Waals surface area (Å²) in [6, 6.07) is 17.7. The summed E-state index contributed by atoms with van der Waals surface area (Å²) < 4.78 is 19.1. The molecule has 0 unspecified atom stereocenters. The van der Waals surface area contributed by atoms with Gasteiger partial charge in [0, 0.05) is 23.9 Å². The van der Waals surface area contributed by atoms with Crippen LogP contribution in [0, 0.1) is 5.82 Å². The maximum atomic E-state index is 13.0. The number of benzene rings is 3. The van der Waals surface area contributed by atoms with Gasteiger partial charge < -0.3 is 15.4 Å². The Hall–Kier alpha value is -3.98. The normalized spacial score (nSPS) is 10.6. The van der Waals surface area contributed by atoms with Crippen molar-refractivity contribution < 1.29 is 18.7 Å². The summed E-state index contributed by atoms with van der Waals surface area (Å²) in [6.45, 7) is 0.252. The lowest BCUT2D eigenvalue weighted by Gasteiger charge is -2.09. The lowest BCUT2D eigenvalue weighted by Crippen LogP contribution is -2.28. The van der Waals surface area contributed by atoms with Gasteiger partial charge in [0.15, 0.2) is 5.13 Å². The first-order valence-electron chi connectivity index (χ1n) is 9.66. The molecule has 1 aromatic heterocycles. The number of anilines is 2. The van der Waals surface area contributed by atoms with Crippen LogP contribution in [0.1, 0.15) is 15.9 Å². The van der Waals surface area contributed by atoms with Gasteiger partial charge in [-0.05, 0) is 35.9 Å². The van der Waals surface area contributed by atoms with Gasteiger partial charge in [-0.1, -0.05) is 41.7 Å². The quantitative estimate of drug-likeness (QED) is 0.385. The van der Waals surface area contributed by atoms with Crippen molar-refractivity contribution in [3.05, 3.63) is 83.7 Å². The average Bonchev–Trinajstić information content (AvgIpc) is 3.21. The van der Waals surface area contributed by atoms with E-state index in [4.69, 9.17) is 4.74 Å². The number of hydrogen-bond acceptors (Lipinski definition) is 5. The predicted molar refractivity (Wildman–Crippen MR) is 123 cm³/mol. The molecule has 0 aliphatic heterocycles. The highest BCUT2D eigenvalue weighted by atomic mass is 32.1. The molecule has 3 amide bonds. The number of carbonyl (C=O) groups is 2. The van der Waals surface area contributed by atoms with Gasteiger partial charge in [0.2, 0.25) is 0 Å². The van der Waals surface area contributed by atoms with Gasteiger partial charge in [0.25, 0.3) is 5.91 Å². The molecule has 0 aliphatic rings. The van der Waals surface area contributed by atoms with Crippen LogP contribution in [0.4, 0.5) is 20.0 Å². The number of amides is 3. The standard InChI is InChI=1S/C23H19FN4O3S/c1-31-18-11-17(26-22(30)25-13-14-7-9-16(24)10-8-14)12-19-20(18)27-23(32-19)28-21(29)15-5-3-2-4-6-15/h2-12H,13H2,1H3,(H2,25,26,30)(H,27,28,29). The van der Waals surface area contributed by atoms with Gasteiger partial charge in [-0.25, -0.2) is 14.2 Å². The third-order valence-corrected chi connectivity index (χ3v) is 5.48. The minimum Gasteiger partial charge on any atom is -0.494 e. The number of urea groups is 1. The van der Waals surface area contributed by atoms with Gasteiger partial charge in [-0.15, -0.1) is 0 Å². The van der Waals surface area contributed by atoms with Gasteiger partial charge in [-0.2, -0.15) is 0 Å². The zero-order valence-corrected chi connectivity index (χ0v) is 17.8. The molecular weight excluding hydrogens is 431 g/mol. The summed E-state index contributed by atoms with van der Waals surface area (Å²) in [4.78, 5) is 29.1. The minimum absolute atomic E-state index is 0.252. The predicted octanol–water partition coefficient (Wildman–Crippen LogP) is 5.02. The molecule has 3 N–H and O–H groups in total. The second kappa shape index (κ2) is 9.44. The molecule has 0 atom stereocenters. The van der Waals surface area contributed by atoms with Gasteiger partial charge in [-0.3, -0.25) is 10.1 Å². The van der Waals surface area contributed by atoms with Crippen LogP contribution in [-0.4, -0.2) is 24.0 Å². The smallest absolute Gasteiger partial charge is 0.319 e. The van der Waals surface area contributed by atoms with E-state index in [1.54, 1.807) is 48.5 Å². The Balaban J connectivity index is 1.47. The maximum absolute atomic E-state index is 13.0. The van der Waals surface area contributed by atoms with Crippen LogP contribution in [0.2, 0.25) is 0 Å². The minimum atomic E-state index is -0.419. The molecule has 0 radical (unpaired) electrons. The monoisotopic (exact) mass is 450 g/mol. The Kier molecular flexibility index (Phi) is 6.27. The SMILES string of the molecule is COc1cc(NC(=O)NCc2ccc(F)cc2)cc2sc(NC(=O)c3ccccc3)nc12. The van der Waals surface area contributed by atoms with Crippen molar-refractivity contribution >= 4 is 44.3 Å². The zero-order chi connectivity index (χ0) is 22.5. The summed E-state index contributed by atoms with van der Waals surface area (Å²) in [7, 11) is 1.51. The lowest BCUT2D eigenvalue weighted by molar-refractivity contribution is 0.102. The molecule has 162 valence electrons. The van der Waals surface area contributed by atoms with Crippen LogP contribution in [0.25, 0.3) is 10.2 Å². The van der Waals surface area contributed by atoms with E-state index in [1.807, 2.05) is 6.07 Å². The van der Waals surface area contributed by atoms with E-state index in [0.717, 1.165) is 10.3 Å². The molecule has 32 heavy (non-hydrogen) atoms. The highest BCUT2D eigenvalue weighted by Crippen LogP contribution is 2.35. The Bertz CT molecular complexity index is 1260. The second-order valence-electron chi connectivity index (χ2n) is 6.80. The number of carbonyl (C=O) groups excluding carboxylic acids is 2. The van der Waals surface area contributed by atoms with E-state index >= 15 is 0 Å². The summed E-state index contributed by atoms with van der Waals surface area (Å²) in [6.07, 6.45) is 0. The fraction of sp³-hybridized carbons (Fsp3) is 0.0870. The molecule has 0 aliphatic carbocycles. The molecule has 3 aromatic carbocycles. The Morgan fingerprint density at radius 3 is 2.50 bits per heavy atom. The summed E-state index contributed by atoms with van der Waals surface area (Å²) in [5.74, 6) is -0.127. The highest BCUT2D eigenvalue weighted by Gasteiger charge is 2.15. The van der Waals surface area contributed by atoms with E-state index in [9.17, 15) is 14.0 Å². The number of nitrogens with one attached hydrogen (secondary N) is 3. The first-order valence-corrected chi connectivity index (χ1v) is 10.5. The Labute approximate surface area is 187 Å². The molecule has 0 bridgehead atoms. The van der Waals surface area contributed by atoms with Crippen molar-refractivity contribution in [2.24, 2.45) is 0 Å². The topological polar surface area (TPSA) is 92.4 Å². The highest BCUT2D eigenvalue weighted by molar-refractivity contribution is 7.22. The largest absolute Gasteiger partial charge is 0.494 e. The van der Waals surface area contributed by atoms with E-state index < -0.39 is 6.03 Å². The number of hydrogen-bond donors (Lipinski definition) is 3. The number of ether oxygens (including phenoxy) is 1. The first-order chi connectivity index (χ1) is 15.5. The van der Waals surface area contributed by atoms with Crippen LogP contribution in [0.15, 0.2) is 66.7 Å². The molecule has 1 heterocycles. The van der Waals surface area contributed by atoms with E-state index in [-0.39, 0.29) is 18.3 Å². The van der Waals surface area contributed by atoms with E-state index in [0.29, 0.717) is 27.6 Å². The molecule has 4 rings (SSSR count). The molecule has 0 saturated carbocycles. The zero-order valence-electron chi connectivity index (χ0n) is 17.0. The third kappa shape index (κ3) is 5.01. The molecular formula is C23H19FN4O3S. The van der Waals surface area contributed by atoms with Crippen LogP contribution >= 0.6 is 11.3 Å². The molecule has 7 nitrogen and oxygen atoms in total.